The molecule has 0 radical (unpaired) electrons. The molecule has 3 amide bonds. The Kier molecular flexibility index (Phi) is 5.93. The Morgan fingerprint density at radius 1 is 0.935 bits per heavy atom. The van der Waals surface area contributed by atoms with Crippen molar-refractivity contribution in [1.29, 1.82) is 0 Å². The molecule has 0 spiro atoms. The second-order valence-corrected chi connectivity index (χ2v) is 7.32. The maximum absolute atomic E-state index is 13.8. The highest BCUT2D eigenvalue weighted by molar-refractivity contribution is 6.04. The maximum Gasteiger partial charge on any atom is 0.324 e. The summed E-state index contributed by atoms with van der Waals surface area (Å²) in [4.78, 5) is 28.6. The van der Waals surface area contributed by atoms with Gasteiger partial charge in [0.2, 0.25) is 0 Å². The molecule has 0 bridgehead atoms. The van der Waals surface area contributed by atoms with Crippen LogP contribution in [0, 0.1) is 11.6 Å². The standard InChI is InChI=1S/C24H21F2N3O2/c25-18-6-3-5-17(15-18)16-28-13-4-14-29(24(28)31)20-11-9-19(10-12-20)27-23(30)21-7-1-2-8-22(21)26/h1-3,5-12,15H,4,13-14,16H2,(H,27,30). The molecule has 1 heterocycles. The van der Waals surface area contributed by atoms with Gasteiger partial charge in [-0.1, -0.05) is 24.3 Å². The topological polar surface area (TPSA) is 52.7 Å². The molecule has 31 heavy (non-hydrogen) atoms. The minimum Gasteiger partial charge on any atom is -0.322 e. The molecule has 0 aliphatic carbocycles. The molecule has 158 valence electrons. The molecule has 1 aliphatic heterocycles. The molecular weight excluding hydrogens is 400 g/mol. The third-order valence-electron chi connectivity index (χ3n) is 5.13. The Morgan fingerprint density at radius 3 is 2.45 bits per heavy atom. The fourth-order valence-electron chi connectivity index (χ4n) is 3.59. The van der Waals surface area contributed by atoms with Crippen molar-refractivity contribution >= 4 is 23.3 Å². The summed E-state index contributed by atoms with van der Waals surface area (Å²) in [7, 11) is 0. The van der Waals surface area contributed by atoms with E-state index in [4.69, 9.17) is 0 Å². The number of carbonyl (C=O) groups is 2. The number of nitrogens with zero attached hydrogens (tertiary/aromatic N) is 2. The maximum atomic E-state index is 13.8. The molecular formula is C24H21F2N3O2. The normalized spacial score (nSPS) is 13.9. The third-order valence-corrected chi connectivity index (χ3v) is 5.13. The Labute approximate surface area is 178 Å². The fraction of sp³-hybridized carbons (Fsp3) is 0.167. The average Bonchev–Trinajstić information content (AvgIpc) is 2.76. The zero-order valence-electron chi connectivity index (χ0n) is 16.7. The molecule has 1 saturated heterocycles. The van der Waals surface area contributed by atoms with Crippen LogP contribution in [0.2, 0.25) is 0 Å². The first-order chi connectivity index (χ1) is 15.0. The van der Waals surface area contributed by atoms with E-state index in [0.29, 0.717) is 31.0 Å². The predicted molar refractivity (Wildman–Crippen MR) is 115 cm³/mol. The molecule has 7 heteroatoms. The van der Waals surface area contributed by atoms with Crippen molar-refractivity contribution in [3.8, 4) is 0 Å². The van der Waals surface area contributed by atoms with E-state index >= 15 is 0 Å². The summed E-state index contributed by atoms with van der Waals surface area (Å²) in [5.41, 5.74) is 1.89. The summed E-state index contributed by atoms with van der Waals surface area (Å²) in [5.74, 6) is -1.46. The number of amides is 3. The minimum absolute atomic E-state index is 0.0363. The van der Waals surface area contributed by atoms with E-state index in [9.17, 15) is 18.4 Å². The summed E-state index contributed by atoms with van der Waals surface area (Å²) in [6.45, 7) is 1.51. The second kappa shape index (κ2) is 8.95. The molecule has 0 atom stereocenters. The van der Waals surface area contributed by atoms with Gasteiger partial charge in [0.15, 0.2) is 0 Å². The molecule has 0 saturated carbocycles. The molecule has 3 aromatic rings. The highest BCUT2D eigenvalue weighted by Crippen LogP contribution is 2.24. The highest BCUT2D eigenvalue weighted by atomic mass is 19.1. The molecule has 4 rings (SSSR count). The number of hydrogen-bond donors (Lipinski definition) is 1. The zero-order chi connectivity index (χ0) is 21.8. The van der Waals surface area contributed by atoms with Crippen LogP contribution in [0.1, 0.15) is 22.3 Å². The summed E-state index contributed by atoms with van der Waals surface area (Å²) >= 11 is 0. The minimum atomic E-state index is -0.589. The largest absolute Gasteiger partial charge is 0.324 e. The molecule has 1 fully saturated rings. The number of benzene rings is 3. The Bertz CT molecular complexity index is 1100. The quantitative estimate of drug-likeness (QED) is 0.627. The van der Waals surface area contributed by atoms with E-state index in [1.54, 1.807) is 52.3 Å². The lowest BCUT2D eigenvalue weighted by Gasteiger charge is -2.35. The number of hydrogen-bond acceptors (Lipinski definition) is 2. The van der Waals surface area contributed by atoms with E-state index in [2.05, 4.69) is 5.32 Å². The van der Waals surface area contributed by atoms with E-state index in [0.717, 1.165) is 12.0 Å². The van der Waals surface area contributed by atoms with Crippen molar-refractivity contribution in [3.05, 3.63) is 95.6 Å². The molecule has 0 unspecified atom stereocenters. The summed E-state index contributed by atoms with van der Waals surface area (Å²) in [5, 5.41) is 2.66. The van der Waals surface area contributed by atoms with Gasteiger partial charge >= 0.3 is 6.03 Å². The molecule has 0 aromatic heterocycles. The first kappa shape index (κ1) is 20.5. The molecule has 1 aliphatic rings. The fourth-order valence-corrected chi connectivity index (χ4v) is 3.59. The number of carbonyl (C=O) groups excluding carboxylic acids is 2. The van der Waals surface area contributed by atoms with Gasteiger partial charge in [-0.15, -0.1) is 0 Å². The number of anilines is 2. The lowest BCUT2D eigenvalue weighted by molar-refractivity contribution is 0.102. The number of halogens is 2. The van der Waals surface area contributed by atoms with E-state index < -0.39 is 11.7 Å². The second-order valence-electron chi connectivity index (χ2n) is 7.32. The van der Waals surface area contributed by atoms with Gasteiger partial charge < -0.3 is 10.2 Å². The number of rotatable bonds is 5. The first-order valence-electron chi connectivity index (χ1n) is 9.98. The van der Waals surface area contributed by atoms with Crippen LogP contribution in [-0.4, -0.2) is 29.9 Å². The van der Waals surface area contributed by atoms with Gasteiger partial charge in [-0.25, -0.2) is 13.6 Å². The predicted octanol–water partition coefficient (Wildman–Crippen LogP) is 5.05. The smallest absolute Gasteiger partial charge is 0.322 e. The molecule has 3 aromatic carbocycles. The van der Waals surface area contributed by atoms with Gasteiger partial charge in [0.1, 0.15) is 11.6 Å². The average molecular weight is 421 g/mol. The Balaban J connectivity index is 1.44. The lowest BCUT2D eigenvalue weighted by atomic mass is 10.1. The Hall–Kier alpha value is -3.74. The number of urea groups is 1. The van der Waals surface area contributed by atoms with Crippen LogP contribution >= 0.6 is 0 Å². The SMILES string of the molecule is O=C(Nc1ccc(N2CCCN(Cc3cccc(F)c3)C2=O)cc1)c1ccccc1F. The summed E-state index contributed by atoms with van der Waals surface area (Å²) < 4.78 is 27.2. The monoisotopic (exact) mass is 421 g/mol. The summed E-state index contributed by atoms with van der Waals surface area (Å²) in [6.07, 6.45) is 0.785. The highest BCUT2D eigenvalue weighted by Gasteiger charge is 2.27. The van der Waals surface area contributed by atoms with Crippen LogP contribution in [0.25, 0.3) is 0 Å². The number of nitrogens with one attached hydrogen (secondary N) is 1. The summed E-state index contributed by atoms with van der Waals surface area (Å²) in [6, 6.07) is 18.7. The third kappa shape index (κ3) is 4.71. The van der Waals surface area contributed by atoms with Crippen molar-refractivity contribution < 1.29 is 18.4 Å². The van der Waals surface area contributed by atoms with Crippen LogP contribution in [0.4, 0.5) is 25.0 Å². The van der Waals surface area contributed by atoms with Gasteiger partial charge in [-0.3, -0.25) is 9.69 Å². The van der Waals surface area contributed by atoms with E-state index in [1.165, 1.54) is 30.3 Å². The first-order valence-corrected chi connectivity index (χ1v) is 9.98. The van der Waals surface area contributed by atoms with Crippen molar-refractivity contribution in [2.24, 2.45) is 0 Å². The molecule has 1 N–H and O–H groups in total. The van der Waals surface area contributed by atoms with Crippen molar-refractivity contribution in [2.45, 2.75) is 13.0 Å². The zero-order valence-corrected chi connectivity index (χ0v) is 16.7. The van der Waals surface area contributed by atoms with Crippen molar-refractivity contribution in [1.82, 2.24) is 4.90 Å². The van der Waals surface area contributed by atoms with Gasteiger partial charge in [0, 0.05) is 31.0 Å². The van der Waals surface area contributed by atoms with Crippen LogP contribution in [0.3, 0.4) is 0 Å². The lowest BCUT2D eigenvalue weighted by Crippen LogP contribution is -2.49. The van der Waals surface area contributed by atoms with Crippen molar-refractivity contribution in [2.75, 3.05) is 23.3 Å². The van der Waals surface area contributed by atoms with E-state index in [1.807, 2.05) is 0 Å². The van der Waals surface area contributed by atoms with Gasteiger partial charge in [-0.2, -0.15) is 0 Å². The van der Waals surface area contributed by atoms with Crippen LogP contribution in [-0.2, 0) is 6.54 Å². The van der Waals surface area contributed by atoms with Gasteiger partial charge in [0.05, 0.1) is 5.56 Å². The van der Waals surface area contributed by atoms with Crippen LogP contribution in [0.5, 0.6) is 0 Å². The van der Waals surface area contributed by atoms with Gasteiger partial charge in [0.25, 0.3) is 5.91 Å². The van der Waals surface area contributed by atoms with Gasteiger partial charge in [-0.05, 0) is 60.5 Å². The molecule has 5 nitrogen and oxygen atoms in total. The Morgan fingerprint density at radius 2 is 1.71 bits per heavy atom. The van der Waals surface area contributed by atoms with Crippen LogP contribution < -0.4 is 10.2 Å². The van der Waals surface area contributed by atoms with E-state index in [-0.39, 0.29) is 17.4 Å². The van der Waals surface area contributed by atoms with Crippen LogP contribution in [0.15, 0.2) is 72.8 Å². The van der Waals surface area contributed by atoms with Crippen molar-refractivity contribution in [3.63, 3.8) is 0 Å².